The van der Waals surface area contributed by atoms with Crippen LogP contribution in [0.3, 0.4) is 0 Å². The van der Waals surface area contributed by atoms with E-state index in [2.05, 4.69) is 11.0 Å². The van der Waals surface area contributed by atoms with Gasteiger partial charge in [0.15, 0.2) is 11.5 Å². The van der Waals surface area contributed by atoms with E-state index in [4.69, 9.17) is 11.6 Å². The first-order chi connectivity index (χ1) is 5.77. The van der Waals surface area contributed by atoms with Gasteiger partial charge in [0, 0.05) is 16.9 Å². The summed E-state index contributed by atoms with van der Waals surface area (Å²) in [6.07, 6.45) is 0. The van der Waals surface area contributed by atoms with Crippen molar-refractivity contribution in [2.75, 3.05) is 5.88 Å². The van der Waals surface area contributed by atoms with Crippen LogP contribution in [0.2, 0.25) is 0 Å². The molecule has 4 heteroatoms. The number of ketones is 1. The van der Waals surface area contributed by atoms with Gasteiger partial charge in [0.25, 0.3) is 0 Å². The first-order valence-corrected chi connectivity index (χ1v) is 3.72. The highest BCUT2D eigenvalue weighted by molar-refractivity contribution is 6.30. The third-order valence-corrected chi connectivity index (χ3v) is 1.56. The number of halogens is 1. The molecule has 0 spiro atoms. The Labute approximate surface area is 74.5 Å². The number of carbonyl (C=O) groups excluding carboxylic acids is 1. The molecule has 62 valence electrons. The maximum absolute atomic E-state index is 10.9. The zero-order valence-electron chi connectivity index (χ0n) is 6.04. The normalized spacial score (nSPS) is 9.50. The fourth-order valence-electron chi connectivity index (χ4n) is 0.713. The zero-order chi connectivity index (χ0) is 8.97. The van der Waals surface area contributed by atoms with E-state index in [0.717, 1.165) is 0 Å². The molecule has 0 unspecified atom stereocenters. The van der Waals surface area contributed by atoms with E-state index < -0.39 is 0 Å². The van der Waals surface area contributed by atoms with Gasteiger partial charge in [-0.3, -0.25) is 4.79 Å². The van der Waals surface area contributed by atoms with E-state index >= 15 is 0 Å². The summed E-state index contributed by atoms with van der Waals surface area (Å²) in [5.74, 6) is -0.225. The monoisotopic (exact) mass is 184 g/mol. The van der Waals surface area contributed by atoms with Crippen LogP contribution >= 0.6 is 11.6 Å². The van der Waals surface area contributed by atoms with Crippen molar-refractivity contribution in [3.63, 3.8) is 0 Å². The molecule has 0 aliphatic heterocycles. The molecule has 12 heavy (non-hydrogen) atoms. The second-order valence-electron chi connectivity index (χ2n) is 2.08. The molecule has 0 aliphatic rings. The number of benzene rings is 1. The molecule has 0 heterocycles. The molecule has 2 radical (unpaired) electrons. The molecule has 1 aromatic rings. The Morgan fingerprint density at radius 1 is 1.58 bits per heavy atom. The van der Waals surface area contributed by atoms with Crippen LogP contribution in [0.5, 0.6) is 5.75 Å². The van der Waals surface area contributed by atoms with Crippen molar-refractivity contribution >= 4 is 17.4 Å². The molecule has 1 aromatic carbocycles. The number of rotatable bonds is 3. The number of carbonyl (C=O) groups is 1. The van der Waals surface area contributed by atoms with Crippen molar-refractivity contribution in [3.8, 4) is 5.75 Å². The lowest BCUT2D eigenvalue weighted by atomic mass is 10.1. The predicted molar refractivity (Wildman–Crippen MR) is 41.6 cm³/mol. The highest BCUT2D eigenvalue weighted by Gasteiger charge is 2.03. The van der Waals surface area contributed by atoms with Gasteiger partial charge in [0.05, 0.1) is 5.88 Å². The Kier molecular flexibility index (Phi) is 3.08. The summed E-state index contributed by atoms with van der Waals surface area (Å²) in [6, 6.07) is 6.70. The number of hydrogen-bond acceptors (Lipinski definition) is 2. The van der Waals surface area contributed by atoms with Crippen LogP contribution in [0.15, 0.2) is 18.2 Å². The molecule has 0 aliphatic carbocycles. The van der Waals surface area contributed by atoms with Crippen molar-refractivity contribution in [1.82, 2.24) is 0 Å². The Balaban J connectivity index is 2.84. The summed E-state index contributed by atoms with van der Waals surface area (Å²) in [6.45, 7) is 0. The first kappa shape index (κ1) is 9.03. The van der Waals surface area contributed by atoms with Crippen LogP contribution in [-0.2, 0) is 5.26 Å². The lowest BCUT2D eigenvalue weighted by molar-refractivity contribution is -0.208. The lowest BCUT2D eigenvalue weighted by Gasteiger charge is -1.96. The van der Waals surface area contributed by atoms with Crippen LogP contribution < -0.4 is 4.89 Å². The Bertz CT molecular complexity index is 268. The first-order valence-electron chi connectivity index (χ1n) is 3.18. The minimum atomic E-state index is -0.203. The van der Waals surface area contributed by atoms with Crippen molar-refractivity contribution < 1.29 is 14.9 Å². The summed E-state index contributed by atoms with van der Waals surface area (Å²) in [5.41, 5.74) is 0.422. The molecule has 0 aromatic heterocycles. The van der Waals surface area contributed by atoms with Crippen molar-refractivity contribution in [3.05, 3.63) is 29.8 Å². The molecule has 0 N–H and O–H groups in total. The van der Waals surface area contributed by atoms with Gasteiger partial charge in [-0.15, -0.1) is 11.6 Å². The highest BCUT2D eigenvalue weighted by atomic mass is 35.5. The van der Waals surface area contributed by atoms with E-state index in [0.29, 0.717) is 5.56 Å². The smallest absolute Gasteiger partial charge is 0.177 e. The van der Waals surface area contributed by atoms with Gasteiger partial charge in [-0.25, -0.2) is 0 Å². The van der Waals surface area contributed by atoms with E-state index in [-0.39, 0.29) is 17.4 Å². The summed E-state index contributed by atoms with van der Waals surface area (Å²) in [5, 5.41) is 9.84. The summed E-state index contributed by atoms with van der Waals surface area (Å²) >= 11 is 5.30. The van der Waals surface area contributed by atoms with Crippen molar-refractivity contribution in [2.45, 2.75) is 0 Å². The van der Waals surface area contributed by atoms with Crippen LogP contribution in [0.1, 0.15) is 10.4 Å². The van der Waals surface area contributed by atoms with Crippen molar-refractivity contribution in [2.24, 2.45) is 0 Å². The minimum absolute atomic E-state index is 0.0566. The minimum Gasteiger partial charge on any atom is -0.305 e. The van der Waals surface area contributed by atoms with E-state index in [1.165, 1.54) is 18.2 Å². The second kappa shape index (κ2) is 4.09. The molecule has 0 atom stereocenters. The fraction of sp³-hybridized carbons (Fsp3) is 0.125. The third-order valence-electron chi connectivity index (χ3n) is 1.32. The quantitative estimate of drug-likeness (QED) is 0.310. The molecule has 0 saturated heterocycles. The fourth-order valence-corrected chi connectivity index (χ4v) is 0.867. The highest BCUT2D eigenvalue weighted by Crippen LogP contribution is 2.11. The standard InChI is InChI=1S/C8H5ClO3/c9-5-8(10)6-1-3-7(12-11)4-2-6/h1-3H,5H2. The topological polar surface area (TPSA) is 46.2 Å². The summed E-state index contributed by atoms with van der Waals surface area (Å²) < 4.78 is 0. The maximum Gasteiger partial charge on any atom is 0.177 e. The molecule has 0 fully saturated rings. The molecule has 0 bridgehead atoms. The van der Waals surface area contributed by atoms with E-state index in [1.54, 1.807) is 0 Å². The second-order valence-corrected chi connectivity index (χ2v) is 2.35. The van der Waals surface area contributed by atoms with Crippen LogP contribution in [0, 0.1) is 6.07 Å². The Morgan fingerprint density at radius 3 is 2.75 bits per heavy atom. The molecule has 0 amide bonds. The predicted octanol–water partition coefficient (Wildman–Crippen LogP) is 1.63. The van der Waals surface area contributed by atoms with Gasteiger partial charge in [-0.1, -0.05) is 0 Å². The van der Waals surface area contributed by atoms with Gasteiger partial charge < -0.3 is 4.89 Å². The molecular formula is C8H5ClO3. The number of alkyl halides is 1. The summed E-state index contributed by atoms with van der Waals surface area (Å²) in [4.78, 5) is 14.6. The van der Waals surface area contributed by atoms with Crippen LogP contribution in [0.4, 0.5) is 0 Å². The van der Waals surface area contributed by atoms with Crippen molar-refractivity contribution in [1.29, 1.82) is 0 Å². The van der Waals surface area contributed by atoms with Gasteiger partial charge >= 0.3 is 0 Å². The van der Waals surface area contributed by atoms with Crippen LogP contribution in [-0.4, -0.2) is 11.7 Å². The van der Waals surface area contributed by atoms with Gasteiger partial charge in [-0.2, -0.15) is 0 Å². The van der Waals surface area contributed by atoms with Gasteiger partial charge in [-0.05, 0) is 18.2 Å². The molecule has 1 rings (SSSR count). The molecule has 3 nitrogen and oxygen atoms in total. The van der Waals surface area contributed by atoms with Gasteiger partial charge in [0.1, 0.15) is 0 Å². The number of hydrogen-bond donors (Lipinski definition) is 0. The van der Waals surface area contributed by atoms with Gasteiger partial charge in [0.2, 0.25) is 0 Å². The Morgan fingerprint density at radius 2 is 2.33 bits per heavy atom. The average molecular weight is 185 g/mol. The molecular weight excluding hydrogens is 180 g/mol. The van der Waals surface area contributed by atoms with E-state index in [9.17, 15) is 10.1 Å². The van der Waals surface area contributed by atoms with Crippen LogP contribution in [0.25, 0.3) is 0 Å². The Hall–Kier alpha value is -1.06. The largest absolute Gasteiger partial charge is 0.305 e. The lowest BCUT2D eigenvalue weighted by Crippen LogP contribution is -1.99. The van der Waals surface area contributed by atoms with E-state index in [1.807, 2.05) is 0 Å². The third kappa shape index (κ3) is 1.96. The SMILES string of the molecule is [O]Oc1[c]cc(C(=O)CCl)cc1. The molecule has 0 saturated carbocycles. The number of Topliss-reactive ketones (excluding diaryl/α,β-unsaturated/α-hetero) is 1. The zero-order valence-corrected chi connectivity index (χ0v) is 6.80. The summed E-state index contributed by atoms with van der Waals surface area (Å²) in [7, 11) is 0. The average Bonchev–Trinajstić information content (AvgIpc) is 2.17. The maximum atomic E-state index is 10.9.